The summed E-state index contributed by atoms with van der Waals surface area (Å²) in [5.74, 6) is -1.54. The van der Waals surface area contributed by atoms with E-state index >= 15 is 0 Å². The standard InChI is InChI=1S/C24H22N2O4/c1-3-30-24(29)22-15(2)18-11-7-8-12-19(18)25-20(22)13-16-14-21(27)26(23(16)28)17-9-5-4-6-10-17/h4-12,16H,3,13-14H2,1-2H3. The largest absolute Gasteiger partial charge is 0.462 e. The van der Waals surface area contributed by atoms with Gasteiger partial charge in [0.1, 0.15) is 0 Å². The molecule has 0 bridgehead atoms. The lowest BCUT2D eigenvalue weighted by Gasteiger charge is -2.17. The van der Waals surface area contributed by atoms with Crippen molar-refractivity contribution in [2.24, 2.45) is 5.92 Å². The van der Waals surface area contributed by atoms with Gasteiger partial charge in [0, 0.05) is 18.2 Å². The summed E-state index contributed by atoms with van der Waals surface area (Å²) in [5.41, 5.74) is 2.95. The molecule has 0 radical (unpaired) electrons. The van der Waals surface area contributed by atoms with Crippen molar-refractivity contribution in [2.45, 2.75) is 26.7 Å². The molecule has 152 valence electrons. The maximum absolute atomic E-state index is 13.0. The Hall–Kier alpha value is -3.54. The number of amides is 2. The van der Waals surface area contributed by atoms with Gasteiger partial charge in [-0.15, -0.1) is 0 Å². The van der Waals surface area contributed by atoms with Crippen molar-refractivity contribution in [3.05, 3.63) is 71.4 Å². The van der Waals surface area contributed by atoms with E-state index in [9.17, 15) is 14.4 Å². The molecule has 0 N–H and O–H groups in total. The molecular weight excluding hydrogens is 380 g/mol. The third kappa shape index (κ3) is 3.45. The Morgan fingerprint density at radius 3 is 2.53 bits per heavy atom. The number of hydrogen-bond acceptors (Lipinski definition) is 5. The molecule has 1 atom stereocenters. The molecule has 6 nitrogen and oxygen atoms in total. The summed E-state index contributed by atoms with van der Waals surface area (Å²) in [5, 5.41) is 0.865. The molecule has 2 aromatic carbocycles. The molecule has 30 heavy (non-hydrogen) atoms. The van der Waals surface area contributed by atoms with Crippen molar-refractivity contribution < 1.29 is 19.1 Å². The molecule has 1 saturated heterocycles. The highest BCUT2D eigenvalue weighted by Gasteiger charge is 2.40. The molecule has 1 unspecified atom stereocenters. The smallest absolute Gasteiger partial charge is 0.340 e. The van der Waals surface area contributed by atoms with Gasteiger partial charge in [-0.1, -0.05) is 36.4 Å². The number of aromatic nitrogens is 1. The third-order valence-electron chi connectivity index (χ3n) is 5.40. The van der Waals surface area contributed by atoms with Gasteiger partial charge >= 0.3 is 5.97 Å². The van der Waals surface area contributed by atoms with E-state index in [2.05, 4.69) is 4.98 Å². The van der Waals surface area contributed by atoms with E-state index in [4.69, 9.17) is 4.74 Å². The molecule has 0 saturated carbocycles. The van der Waals surface area contributed by atoms with E-state index in [1.807, 2.05) is 37.3 Å². The number of nitrogens with zero attached hydrogens (tertiary/aromatic N) is 2. The Morgan fingerprint density at radius 2 is 1.80 bits per heavy atom. The van der Waals surface area contributed by atoms with Crippen LogP contribution in [0.1, 0.15) is 35.0 Å². The molecule has 1 aromatic heterocycles. The third-order valence-corrected chi connectivity index (χ3v) is 5.40. The van der Waals surface area contributed by atoms with Crippen molar-refractivity contribution in [3.63, 3.8) is 0 Å². The van der Waals surface area contributed by atoms with Gasteiger partial charge in [-0.05, 0) is 37.6 Å². The number of hydrogen-bond donors (Lipinski definition) is 0. The zero-order valence-electron chi connectivity index (χ0n) is 16.9. The zero-order valence-corrected chi connectivity index (χ0v) is 16.9. The molecule has 0 aliphatic carbocycles. The van der Waals surface area contributed by atoms with Crippen LogP contribution in [-0.2, 0) is 20.7 Å². The number of fused-ring (bicyclic) bond motifs is 1. The number of benzene rings is 2. The van der Waals surface area contributed by atoms with Crippen LogP contribution in [0.2, 0.25) is 0 Å². The lowest BCUT2D eigenvalue weighted by atomic mass is 9.94. The fourth-order valence-electron chi connectivity index (χ4n) is 4.00. The van der Waals surface area contributed by atoms with Gasteiger partial charge in [-0.2, -0.15) is 0 Å². The number of pyridine rings is 1. The average molecular weight is 402 g/mol. The first-order valence-corrected chi connectivity index (χ1v) is 9.98. The van der Waals surface area contributed by atoms with E-state index in [-0.39, 0.29) is 31.3 Å². The van der Waals surface area contributed by atoms with Gasteiger partial charge in [0.2, 0.25) is 11.8 Å². The van der Waals surface area contributed by atoms with Crippen LogP contribution < -0.4 is 4.90 Å². The van der Waals surface area contributed by atoms with Gasteiger partial charge in [-0.25, -0.2) is 4.79 Å². The summed E-state index contributed by atoms with van der Waals surface area (Å²) in [6.45, 7) is 3.85. The first kappa shape index (κ1) is 19.8. The molecule has 6 heteroatoms. The fourth-order valence-corrected chi connectivity index (χ4v) is 4.00. The first-order chi connectivity index (χ1) is 14.5. The molecule has 0 spiro atoms. The first-order valence-electron chi connectivity index (χ1n) is 9.98. The monoisotopic (exact) mass is 402 g/mol. The minimum atomic E-state index is -0.570. The molecule has 1 aliphatic heterocycles. The fraction of sp³-hybridized carbons (Fsp3) is 0.250. The normalized spacial score (nSPS) is 16.3. The van der Waals surface area contributed by atoms with Gasteiger partial charge < -0.3 is 4.74 Å². The van der Waals surface area contributed by atoms with Crippen LogP contribution >= 0.6 is 0 Å². The Kier molecular flexibility index (Phi) is 5.31. The van der Waals surface area contributed by atoms with E-state index in [0.29, 0.717) is 16.9 Å². The number of ether oxygens (including phenoxy) is 1. The van der Waals surface area contributed by atoms with E-state index in [1.54, 1.807) is 31.2 Å². The molecule has 4 rings (SSSR count). The Balaban J connectivity index is 1.73. The van der Waals surface area contributed by atoms with Gasteiger partial charge in [0.05, 0.1) is 35.0 Å². The molecule has 1 fully saturated rings. The number of imide groups is 1. The van der Waals surface area contributed by atoms with Crippen LogP contribution in [0.25, 0.3) is 10.9 Å². The van der Waals surface area contributed by atoms with Crippen molar-refractivity contribution in [2.75, 3.05) is 11.5 Å². The van der Waals surface area contributed by atoms with Crippen LogP contribution in [0.5, 0.6) is 0 Å². The predicted octanol–water partition coefficient (Wildman–Crippen LogP) is 3.84. The van der Waals surface area contributed by atoms with E-state index in [0.717, 1.165) is 16.5 Å². The van der Waals surface area contributed by atoms with Crippen molar-refractivity contribution >= 4 is 34.4 Å². The Labute approximate surface area is 174 Å². The van der Waals surface area contributed by atoms with Gasteiger partial charge in [0.15, 0.2) is 0 Å². The maximum atomic E-state index is 13.0. The average Bonchev–Trinajstić information content (AvgIpc) is 3.02. The second kappa shape index (κ2) is 8.06. The highest BCUT2D eigenvalue weighted by molar-refractivity contribution is 6.21. The summed E-state index contributed by atoms with van der Waals surface area (Å²) >= 11 is 0. The number of esters is 1. The summed E-state index contributed by atoms with van der Waals surface area (Å²) < 4.78 is 5.26. The van der Waals surface area contributed by atoms with Crippen LogP contribution in [0.15, 0.2) is 54.6 Å². The lowest BCUT2D eigenvalue weighted by Crippen LogP contribution is -2.31. The Bertz CT molecular complexity index is 1140. The second-order valence-corrected chi connectivity index (χ2v) is 7.30. The molecular formula is C24H22N2O4. The van der Waals surface area contributed by atoms with E-state index < -0.39 is 11.9 Å². The van der Waals surface area contributed by atoms with Gasteiger partial charge in [0.25, 0.3) is 0 Å². The highest BCUT2D eigenvalue weighted by Crippen LogP contribution is 2.31. The predicted molar refractivity (Wildman–Crippen MR) is 113 cm³/mol. The molecule has 2 heterocycles. The van der Waals surface area contributed by atoms with Crippen molar-refractivity contribution in [1.29, 1.82) is 0 Å². The molecule has 3 aromatic rings. The van der Waals surface area contributed by atoms with E-state index in [1.165, 1.54) is 4.90 Å². The topological polar surface area (TPSA) is 76.6 Å². The molecule has 2 amide bonds. The summed E-state index contributed by atoms with van der Waals surface area (Å²) in [6.07, 6.45) is 0.289. The van der Waals surface area contributed by atoms with Crippen LogP contribution in [0.3, 0.4) is 0 Å². The zero-order chi connectivity index (χ0) is 21.3. The number of aryl methyl sites for hydroxylation is 1. The number of carbonyl (C=O) groups is 3. The van der Waals surface area contributed by atoms with Crippen LogP contribution in [0, 0.1) is 12.8 Å². The Morgan fingerprint density at radius 1 is 1.10 bits per heavy atom. The summed E-state index contributed by atoms with van der Waals surface area (Å²) in [7, 11) is 0. The summed E-state index contributed by atoms with van der Waals surface area (Å²) in [6, 6.07) is 16.4. The number of rotatable bonds is 5. The number of para-hydroxylation sites is 2. The molecule has 1 aliphatic rings. The van der Waals surface area contributed by atoms with Crippen LogP contribution in [0.4, 0.5) is 5.69 Å². The van der Waals surface area contributed by atoms with Crippen molar-refractivity contribution in [1.82, 2.24) is 4.98 Å². The highest BCUT2D eigenvalue weighted by atomic mass is 16.5. The van der Waals surface area contributed by atoms with Gasteiger partial charge in [-0.3, -0.25) is 19.5 Å². The van der Waals surface area contributed by atoms with Crippen LogP contribution in [-0.4, -0.2) is 29.4 Å². The second-order valence-electron chi connectivity index (χ2n) is 7.30. The minimum Gasteiger partial charge on any atom is -0.462 e. The SMILES string of the molecule is CCOC(=O)c1c(CC2CC(=O)N(c3ccccc3)C2=O)nc2ccccc2c1C. The quantitative estimate of drug-likeness (QED) is 0.479. The summed E-state index contributed by atoms with van der Waals surface area (Å²) in [4.78, 5) is 44.2. The van der Waals surface area contributed by atoms with Crippen molar-refractivity contribution in [3.8, 4) is 0 Å². The minimum absolute atomic E-state index is 0.0869. The lowest BCUT2D eigenvalue weighted by molar-refractivity contribution is -0.122. The maximum Gasteiger partial charge on any atom is 0.340 e. The number of carbonyl (C=O) groups excluding carboxylic acids is 3. The number of anilines is 1.